The number of allylic oxidation sites excluding steroid dienone is 1. The van der Waals surface area contributed by atoms with Crippen LogP contribution in [0.3, 0.4) is 0 Å². The Morgan fingerprint density at radius 1 is 1.60 bits per heavy atom. The first-order valence-corrected chi connectivity index (χ1v) is 4.01. The maximum absolute atomic E-state index is 3.89. The molecule has 58 valence electrons. The Labute approximate surface area is 63.7 Å². The van der Waals surface area contributed by atoms with Gasteiger partial charge in [-0.25, -0.2) is 0 Å². The molecule has 0 spiro atoms. The number of likely N-dealkylation sites (tertiary alicyclic amines) is 1. The maximum Gasteiger partial charge on any atom is 0.00191 e. The van der Waals surface area contributed by atoms with E-state index in [0.717, 1.165) is 5.92 Å². The summed E-state index contributed by atoms with van der Waals surface area (Å²) in [6.07, 6.45) is 2.57. The largest absolute Gasteiger partial charge is 0.306 e. The molecule has 1 heteroatoms. The second kappa shape index (κ2) is 3.20. The average Bonchev–Trinajstić information content (AvgIpc) is 1.77. The van der Waals surface area contributed by atoms with Crippen LogP contribution < -0.4 is 0 Å². The highest BCUT2D eigenvalue weighted by atomic mass is 15.2. The van der Waals surface area contributed by atoms with Crippen molar-refractivity contribution in [2.24, 2.45) is 5.92 Å². The molecule has 1 nitrogen and oxygen atoms in total. The number of hydrogen-bond donors (Lipinski definition) is 0. The van der Waals surface area contributed by atoms with E-state index >= 15 is 0 Å². The van der Waals surface area contributed by atoms with Crippen molar-refractivity contribution in [3.8, 4) is 0 Å². The van der Waals surface area contributed by atoms with Gasteiger partial charge in [0.1, 0.15) is 0 Å². The van der Waals surface area contributed by atoms with Gasteiger partial charge in [-0.05, 0) is 32.7 Å². The Kier molecular flexibility index (Phi) is 2.50. The Balaban J connectivity index is 2.00. The summed E-state index contributed by atoms with van der Waals surface area (Å²) < 4.78 is 0. The van der Waals surface area contributed by atoms with E-state index in [0.29, 0.717) is 0 Å². The number of rotatable bonds is 3. The molecule has 1 aliphatic rings. The van der Waals surface area contributed by atoms with Gasteiger partial charge in [0.2, 0.25) is 0 Å². The minimum atomic E-state index is 0.960. The van der Waals surface area contributed by atoms with Gasteiger partial charge in [-0.3, -0.25) is 0 Å². The van der Waals surface area contributed by atoms with E-state index in [1.165, 1.54) is 31.5 Å². The summed E-state index contributed by atoms with van der Waals surface area (Å²) in [5.41, 5.74) is 1.33. The van der Waals surface area contributed by atoms with E-state index in [-0.39, 0.29) is 0 Å². The van der Waals surface area contributed by atoms with E-state index in [1.54, 1.807) is 0 Å². The Morgan fingerprint density at radius 3 is 2.60 bits per heavy atom. The van der Waals surface area contributed by atoms with Crippen LogP contribution in [0.25, 0.3) is 0 Å². The van der Waals surface area contributed by atoms with Crippen LogP contribution in [0, 0.1) is 5.92 Å². The lowest BCUT2D eigenvalue weighted by Gasteiger charge is -2.36. The van der Waals surface area contributed by atoms with Crippen LogP contribution in [0.2, 0.25) is 0 Å². The molecule has 0 bridgehead atoms. The van der Waals surface area contributed by atoms with Crippen molar-refractivity contribution in [2.75, 3.05) is 20.1 Å². The normalized spacial score (nSPS) is 20.6. The van der Waals surface area contributed by atoms with Gasteiger partial charge < -0.3 is 4.90 Å². The molecule has 1 heterocycles. The summed E-state index contributed by atoms with van der Waals surface area (Å²) in [4.78, 5) is 2.36. The van der Waals surface area contributed by atoms with E-state index in [2.05, 4.69) is 25.5 Å². The van der Waals surface area contributed by atoms with Crippen molar-refractivity contribution < 1.29 is 0 Å². The minimum absolute atomic E-state index is 0.960. The summed E-state index contributed by atoms with van der Waals surface area (Å²) in [6.45, 7) is 8.60. The first kappa shape index (κ1) is 7.80. The van der Waals surface area contributed by atoms with Gasteiger partial charge in [-0.2, -0.15) is 0 Å². The lowest BCUT2D eigenvalue weighted by Crippen LogP contribution is -2.43. The number of nitrogens with zero attached hydrogens (tertiary/aromatic N) is 1. The third-order valence-electron chi connectivity index (χ3n) is 2.12. The Bertz CT molecular complexity index is 123. The average molecular weight is 139 g/mol. The highest BCUT2D eigenvalue weighted by Gasteiger charge is 2.21. The molecule has 0 aromatic heterocycles. The van der Waals surface area contributed by atoms with Crippen LogP contribution in [0.15, 0.2) is 12.2 Å². The van der Waals surface area contributed by atoms with Crippen LogP contribution in [-0.4, -0.2) is 25.0 Å². The second-order valence-electron chi connectivity index (χ2n) is 3.58. The maximum atomic E-state index is 3.89. The molecule has 0 aromatic rings. The van der Waals surface area contributed by atoms with Crippen molar-refractivity contribution >= 4 is 0 Å². The first-order chi connectivity index (χ1) is 4.68. The molecular weight excluding hydrogens is 122 g/mol. The molecule has 10 heavy (non-hydrogen) atoms. The fraction of sp³-hybridized carbons (Fsp3) is 0.778. The second-order valence-corrected chi connectivity index (χ2v) is 3.58. The van der Waals surface area contributed by atoms with Crippen molar-refractivity contribution in [1.82, 2.24) is 4.90 Å². The van der Waals surface area contributed by atoms with Crippen molar-refractivity contribution in [3.63, 3.8) is 0 Å². The van der Waals surface area contributed by atoms with Crippen LogP contribution in [0.5, 0.6) is 0 Å². The summed E-state index contributed by atoms with van der Waals surface area (Å²) in [7, 11) is 2.18. The van der Waals surface area contributed by atoms with Crippen LogP contribution >= 0.6 is 0 Å². The lowest BCUT2D eigenvalue weighted by molar-refractivity contribution is 0.127. The topological polar surface area (TPSA) is 3.24 Å². The van der Waals surface area contributed by atoms with Crippen molar-refractivity contribution in [2.45, 2.75) is 19.8 Å². The summed E-state index contributed by atoms with van der Waals surface area (Å²) >= 11 is 0. The zero-order valence-electron chi connectivity index (χ0n) is 7.06. The van der Waals surface area contributed by atoms with Crippen LogP contribution in [0.1, 0.15) is 19.8 Å². The van der Waals surface area contributed by atoms with E-state index in [9.17, 15) is 0 Å². The third-order valence-corrected chi connectivity index (χ3v) is 2.12. The monoisotopic (exact) mass is 139 g/mol. The molecule has 0 amide bonds. The first-order valence-electron chi connectivity index (χ1n) is 4.01. The smallest absolute Gasteiger partial charge is 0.00191 e. The fourth-order valence-corrected chi connectivity index (χ4v) is 1.46. The van der Waals surface area contributed by atoms with E-state index in [1.807, 2.05) is 0 Å². The molecule has 1 saturated heterocycles. The van der Waals surface area contributed by atoms with Crippen LogP contribution in [-0.2, 0) is 0 Å². The Hall–Kier alpha value is -0.300. The molecule has 1 fully saturated rings. The van der Waals surface area contributed by atoms with Gasteiger partial charge in [0.05, 0.1) is 0 Å². The highest BCUT2D eigenvalue weighted by molar-refractivity contribution is 4.90. The molecule has 1 aliphatic heterocycles. The van der Waals surface area contributed by atoms with Gasteiger partial charge in [-0.1, -0.05) is 5.57 Å². The fourth-order valence-electron chi connectivity index (χ4n) is 1.46. The lowest BCUT2D eigenvalue weighted by atomic mass is 9.94. The standard InChI is InChI=1S/C9H17N/c1-8(2)4-5-9-6-10(3)7-9/h9H,1,4-7H2,2-3H3. The molecule has 1 rings (SSSR count). The minimum Gasteiger partial charge on any atom is -0.306 e. The van der Waals surface area contributed by atoms with E-state index in [4.69, 9.17) is 0 Å². The molecule has 0 aliphatic carbocycles. The van der Waals surface area contributed by atoms with Crippen molar-refractivity contribution in [3.05, 3.63) is 12.2 Å². The molecule has 0 N–H and O–H groups in total. The van der Waals surface area contributed by atoms with Gasteiger partial charge in [0.15, 0.2) is 0 Å². The van der Waals surface area contributed by atoms with E-state index < -0.39 is 0 Å². The SMILES string of the molecule is C=C(C)CCC1CN(C)C1. The molecule has 0 radical (unpaired) electrons. The third kappa shape index (κ3) is 2.14. The number of hydrogen-bond acceptors (Lipinski definition) is 1. The summed E-state index contributed by atoms with van der Waals surface area (Å²) in [5, 5.41) is 0. The van der Waals surface area contributed by atoms with Gasteiger partial charge in [-0.15, -0.1) is 6.58 Å². The predicted octanol–water partition coefficient (Wildman–Crippen LogP) is 1.90. The summed E-state index contributed by atoms with van der Waals surface area (Å²) in [5.74, 6) is 0.960. The highest BCUT2D eigenvalue weighted by Crippen LogP contribution is 2.19. The zero-order chi connectivity index (χ0) is 7.56. The quantitative estimate of drug-likeness (QED) is 0.540. The molecule has 0 aromatic carbocycles. The molecule has 0 atom stereocenters. The van der Waals surface area contributed by atoms with Crippen molar-refractivity contribution in [1.29, 1.82) is 0 Å². The summed E-state index contributed by atoms with van der Waals surface area (Å²) in [6, 6.07) is 0. The van der Waals surface area contributed by atoms with Gasteiger partial charge in [0.25, 0.3) is 0 Å². The van der Waals surface area contributed by atoms with Crippen LogP contribution in [0.4, 0.5) is 0 Å². The zero-order valence-corrected chi connectivity index (χ0v) is 7.06. The molecule has 0 unspecified atom stereocenters. The van der Waals surface area contributed by atoms with Gasteiger partial charge >= 0.3 is 0 Å². The Morgan fingerprint density at radius 2 is 2.20 bits per heavy atom. The molecule has 0 saturated carbocycles. The molecular formula is C9H17N. The van der Waals surface area contributed by atoms with Gasteiger partial charge in [0, 0.05) is 13.1 Å². The predicted molar refractivity (Wildman–Crippen MR) is 45.0 cm³/mol.